The zero-order valence-corrected chi connectivity index (χ0v) is 25.4. The van der Waals surface area contributed by atoms with Gasteiger partial charge in [0.1, 0.15) is 11.9 Å². The Morgan fingerprint density at radius 1 is 0.951 bits per heavy atom. The van der Waals surface area contributed by atoms with Crippen molar-refractivity contribution in [2.24, 2.45) is 0 Å². The molecule has 10 heteroatoms. The lowest BCUT2D eigenvalue weighted by atomic mass is 10.00. The highest BCUT2D eigenvalue weighted by Crippen LogP contribution is 2.23. The Labute approximate surface area is 247 Å². The molecule has 0 aliphatic carbocycles. The normalized spacial score (nSPS) is 12.4. The monoisotopic (exact) mass is 601 g/mol. The lowest BCUT2D eigenvalue weighted by Gasteiger charge is -2.34. The summed E-state index contributed by atoms with van der Waals surface area (Å²) in [4.78, 5) is 29.0. The minimum atomic E-state index is -3.81. The van der Waals surface area contributed by atoms with Crippen LogP contribution in [0.25, 0.3) is 0 Å². The van der Waals surface area contributed by atoms with Gasteiger partial charge in [-0.25, -0.2) is 12.8 Å². The Hall–Kier alpha value is -3.43. The molecule has 0 heterocycles. The molecular formula is C31H37ClFN3O4S. The Morgan fingerprint density at radius 3 is 2.20 bits per heavy atom. The standard InChI is InChI=1S/C31H37ClFN3O4S/c1-31(2,3)34-30(38)28(21-23-12-6-5-7-13-23)35(22-24-14-10-15-25(32)20-24)29(37)18-11-19-36(41(4,39)40)27-17-9-8-16-26(27)33/h5-10,12-17,20,28H,11,18-19,21-22H2,1-4H3,(H,34,38)/t28-/m1/s1. The third kappa shape index (κ3) is 9.86. The number of hydrogen-bond donors (Lipinski definition) is 1. The molecular weight excluding hydrogens is 565 g/mol. The molecule has 0 unspecified atom stereocenters. The third-order valence-corrected chi connectivity index (χ3v) is 7.70. The number of nitrogens with one attached hydrogen (secondary N) is 1. The Morgan fingerprint density at radius 2 is 1.59 bits per heavy atom. The number of carbonyl (C=O) groups is 2. The van der Waals surface area contributed by atoms with Crippen molar-refractivity contribution in [2.75, 3.05) is 17.1 Å². The largest absolute Gasteiger partial charge is 0.350 e. The number of benzene rings is 3. The summed E-state index contributed by atoms with van der Waals surface area (Å²) in [5.41, 5.74) is 1.02. The topological polar surface area (TPSA) is 86.8 Å². The summed E-state index contributed by atoms with van der Waals surface area (Å²) in [6.07, 6.45) is 1.33. The summed E-state index contributed by atoms with van der Waals surface area (Å²) in [6.45, 7) is 5.63. The van der Waals surface area contributed by atoms with E-state index in [0.29, 0.717) is 5.02 Å². The molecule has 2 amide bonds. The van der Waals surface area contributed by atoms with Crippen LogP contribution in [0.3, 0.4) is 0 Å². The number of para-hydroxylation sites is 1. The molecule has 1 N–H and O–H groups in total. The molecule has 220 valence electrons. The summed E-state index contributed by atoms with van der Waals surface area (Å²) in [5.74, 6) is -1.31. The van der Waals surface area contributed by atoms with Crippen molar-refractivity contribution in [3.63, 3.8) is 0 Å². The van der Waals surface area contributed by atoms with Crippen LogP contribution in [0.1, 0.15) is 44.7 Å². The smallest absolute Gasteiger partial charge is 0.243 e. The fraction of sp³-hybridized carbons (Fsp3) is 0.355. The second-order valence-corrected chi connectivity index (χ2v) is 13.3. The van der Waals surface area contributed by atoms with Gasteiger partial charge in [0.05, 0.1) is 11.9 Å². The molecule has 0 saturated heterocycles. The second-order valence-electron chi connectivity index (χ2n) is 11.0. The molecule has 0 radical (unpaired) electrons. The SMILES string of the molecule is CC(C)(C)NC(=O)[C@@H](Cc1ccccc1)N(Cc1cccc(Cl)c1)C(=O)CCCN(c1ccccc1F)S(C)(=O)=O. The molecule has 0 aliphatic heterocycles. The van der Waals surface area contributed by atoms with Crippen molar-refractivity contribution in [2.45, 2.75) is 58.2 Å². The molecule has 0 saturated carbocycles. The number of carbonyl (C=O) groups excluding carboxylic acids is 2. The first-order valence-electron chi connectivity index (χ1n) is 13.4. The maximum Gasteiger partial charge on any atom is 0.243 e. The molecule has 3 rings (SSSR count). The number of amides is 2. The van der Waals surface area contributed by atoms with Crippen LogP contribution in [0.15, 0.2) is 78.9 Å². The lowest BCUT2D eigenvalue weighted by molar-refractivity contribution is -0.142. The number of anilines is 1. The summed E-state index contributed by atoms with van der Waals surface area (Å²) in [6, 6.07) is 21.3. The number of rotatable bonds is 12. The second kappa shape index (κ2) is 14.0. The molecule has 0 fully saturated rings. The highest BCUT2D eigenvalue weighted by molar-refractivity contribution is 7.92. The predicted molar refractivity (Wildman–Crippen MR) is 162 cm³/mol. The van der Waals surface area contributed by atoms with E-state index in [2.05, 4.69) is 5.32 Å². The van der Waals surface area contributed by atoms with Gasteiger partial charge in [-0.1, -0.05) is 66.2 Å². The van der Waals surface area contributed by atoms with Crippen molar-refractivity contribution in [1.29, 1.82) is 0 Å². The van der Waals surface area contributed by atoms with Gasteiger partial charge >= 0.3 is 0 Å². The van der Waals surface area contributed by atoms with Crippen molar-refractivity contribution < 1.29 is 22.4 Å². The van der Waals surface area contributed by atoms with Gasteiger partial charge in [-0.15, -0.1) is 0 Å². The molecule has 1 atom stereocenters. The molecule has 7 nitrogen and oxygen atoms in total. The van der Waals surface area contributed by atoms with E-state index < -0.39 is 27.4 Å². The lowest BCUT2D eigenvalue weighted by Crippen LogP contribution is -2.54. The molecule has 0 aliphatic rings. The first-order valence-corrected chi connectivity index (χ1v) is 15.6. The van der Waals surface area contributed by atoms with Crippen LogP contribution in [-0.2, 0) is 32.6 Å². The Balaban J connectivity index is 1.91. The van der Waals surface area contributed by atoms with E-state index in [0.717, 1.165) is 21.7 Å². The van der Waals surface area contributed by atoms with Gasteiger partial charge in [0, 0.05) is 36.5 Å². The van der Waals surface area contributed by atoms with Crippen LogP contribution in [0.4, 0.5) is 10.1 Å². The van der Waals surface area contributed by atoms with Gasteiger partial charge in [-0.2, -0.15) is 0 Å². The number of sulfonamides is 1. The first-order chi connectivity index (χ1) is 19.2. The average Bonchev–Trinajstić information content (AvgIpc) is 2.88. The van der Waals surface area contributed by atoms with Gasteiger partial charge in [-0.3, -0.25) is 13.9 Å². The van der Waals surface area contributed by atoms with Crippen molar-refractivity contribution >= 4 is 39.1 Å². The zero-order chi connectivity index (χ0) is 30.2. The first kappa shape index (κ1) is 32.1. The van der Waals surface area contributed by atoms with Crippen molar-refractivity contribution in [1.82, 2.24) is 10.2 Å². The fourth-order valence-electron chi connectivity index (χ4n) is 4.48. The summed E-state index contributed by atoms with van der Waals surface area (Å²) < 4.78 is 40.4. The van der Waals surface area contributed by atoms with E-state index in [4.69, 9.17) is 11.6 Å². The van der Waals surface area contributed by atoms with Gasteiger partial charge < -0.3 is 10.2 Å². The van der Waals surface area contributed by atoms with Gasteiger partial charge in [0.2, 0.25) is 21.8 Å². The van der Waals surface area contributed by atoms with E-state index in [1.54, 1.807) is 24.3 Å². The molecule has 0 aromatic heterocycles. The van der Waals surface area contributed by atoms with Crippen LogP contribution >= 0.6 is 11.6 Å². The maximum atomic E-state index is 14.5. The summed E-state index contributed by atoms with van der Waals surface area (Å²) in [5, 5.41) is 3.51. The van der Waals surface area contributed by atoms with E-state index in [9.17, 15) is 22.4 Å². The number of halogens is 2. The summed E-state index contributed by atoms with van der Waals surface area (Å²) in [7, 11) is -3.81. The van der Waals surface area contributed by atoms with E-state index >= 15 is 0 Å². The van der Waals surface area contributed by atoms with Crippen LogP contribution < -0.4 is 9.62 Å². The minimum absolute atomic E-state index is 0.0604. The van der Waals surface area contributed by atoms with Gasteiger partial charge in [0.15, 0.2) is 0 Å². The fourth-order valence-corrected chi connectivity index (χ4v) is 5.65. The zero-order valence-electron chi connectivity index (χ0n) is 23.8. The maximum absolute atomic E-state index is 14.5. The predicted octanol–water partition coefficient (Wildman–Crippen LogP) is 5.58. The van der Waals surface area contributed by atoms with Crippen LogP contribution in [-0.4, -0.2) is 49.5 Å². The van der Waals surface area contributed by atoms with E-state index in [-0.39, 0.29) is 49.9 Å². The van der Waals surface area contributed by atoms with Gasteiger partial charge in [0.25, 0.3) is 0 Å². The quantitative estimate of drug-likeness (QED) is 0.294. The van der Waals surface area contributed by atoms with E-state index in [1.165, 1.54) is 23.1 Å². The van der Waals surface area contributed by atoms with Crippen LogP contribution in [0, 0.1) is 5.82 Å². The highest BCUT2D eigenvalue weighted by atomic mass is 35.5. The van der Waals surface area contributed by atoms with Crippen LogP contribution in [0.2, 0.25) is 5.02 Å². The number of hydrogen-bond acceptors (Lipinski definition) is 4. The van der Waals surface area contributed by atoms with Crippen LogP contribution in [0.5, 0.6) is 0 Å². The van der Waals surface area contributed by atoms with Gasteiger partial charge in [-0.05, 0) is 62.6 Å². The molecule has 41 heavy (non-hydrogen) atoms. The molecule has 3 aromatic carbocycles. The Bertz CT molecular complexity index is 1440. The third-order valence-electron chi connectivity index (χ3n) is 6.28. The molecule has 3 aromatic rings. The average molecular weight is 602 g/mol. The van der Waals surface area contributed by atoms with Crippen molar-refractivity contribution in [3.05, 3.63) is 101 Å². The van der Waals surface area contributed by atoms with Crippen molar-refractivity contribution in [3.8, 4) is 0 Å². The minimum Gasteiger partial charge on any atom is -0.350 e. The molecule has 0 bridgehead atoms. The Kier molecular flexibility index (Phi) is 10.9. The summed E-state index contributed by atoms with van der Waals surface area (Å²) >= 11 is 6.22. The number of nitrogens with zero attached hydrogens (tertiary/aromatic N) is 2. The van der Waals surface area contributed by atoms with E-state index in [1.807, 2.05) is 57.2 Å². The highest BCUT2D eigenvalue weighted by Gasteiger charge is 2.32. The molecule has 0 spiro atoms.